The Kier molecular flexibility index (Phi) is 4.34. The molecule has 1 atom stereocenters. The van der Waals surface area contributed by atoms with Gasteiger partial charge in [0.15, 0.2) is 0 Å². The molecule has 2 rings (SSSR count). The number of aromatic nitrogens is 1. The van der Waals surface area contributed by atoms with Crippen molar-refractivity contribution < 1.29 is 0 Å². The Morgan fingerprint density at radius 3 is 2.50 bits per heavy atom. The van der Waals surface area contributed by atoms with E-state index in [1.807, 2.05) is 30.5 Å². The second-order valence-corrected chi connectivity index (χ2v) is 4.91. The zero-order valence-electron chi connectivity index (χ0n) is 10.7. The Bertz CT molecular complexity index is 482. The maximum Gasteiger partial charge on any atom is 0.0572 e. The maximum absolute atomic E-state index is 5.88. The summed E-state index contributed by atoms with van der Waals surface area (Å²) in [7, 11) is 2.11. The van der Waals surface area contributed by atoms with Gasteiger partial charge in [0.1, 0.15) is 0 Å². The largest absolute Gasteiger partial charge is 0.294 e. The molecule has 1 heterocycles. The first-order chi connectivity index (χ1) is 8.66. The predicted octanol–water partition coefficient (Wildman–Crippen LogP) is 3.93. The second-order valence-electron chi connectivity index (χ2n) is 4.47. The minimum Gasteiger partial charge on any atom is -0.294 e. The normalized spacial score (nSPS) is 12.7. The van der Waals surface area contributed by atoms with Crippen LogP contribution < -0.4 is 0 Å². The van der Waals surface area contributed by atoms with Crippen molar-refractivity contribution in [3.05, 3.63) is 64.9 Å². The van der Waals surface area contributed by atoms with Crippen molar-refractivity contribution in [2.45, 2.75) is 19.5 Å². The van der Waals surface area contributed by atoms with Gasteiger partial charge >= 0.3 is 0 Å². The minimum atomic E-state index is 0.293. The highest BCUT2D eigenvalue weighted by molar-refractivity contribution is 6.30. The molecule has 0 spiro atoms. The van der Waals surface area contributed by atoms with Gasteiger partial charge < -0.3 is 0 Å². The first-order valence-electron chi connectivity index (χ1n) is 6.02. The predicted molar refractivity (Wildman–Crippen MR) is 75.6 cm³/mol. The molecule has 0 aliphatic carbocycles. The van der Waals surface area contributed by atoms with E-state index in [1.54, 1.807) is 0 Å². The molecule has 2 aromatic rings. The lowest BCUT2D eigenvalue weighted by Crippen LogP contribution is -2.22. The van der Waals surface area contributed by atoms with Gasteiger partial charge in [-0.2, -0.15) is 0 Å². The van der Waals surface area contributed by atoms with Crippen LogP contribution in [0.5, 0.6) is 0 Å². The summed E-state index contributed by atoms with van der Waals surface area (Å²) in [6.45, 7) is 3.05. The van der Waals surface area contributed by atoms with E-state index in [0.717, 1.165) is 17.3 Å². The average molecular weight is 261 g/mol. The van der Waals surface area contributed by atoms with E-state index in [2.05, 4.69) is 42.1 Å². The lowest BCUT2D eigenvalue weighted by Gasteiger charge is -2.24. The fourth-order valence-electron chi connectivity index (χ4n) is 1.86. The van der Waals surface area contributed by atoms with Crippen LogP contribution in [-0.2, 0) is 6.54 Å². The number of halogens is 1. The van der Waals surface area contributed by atoms with Crippen molar-refractivity contribution in [2.75, 3.05) is 7.05 Å². The molecule has 3 heteroatoms. The van der Waals surface area contributed by atoms with Gasteiger partial charge in [-0.1, -0.05) is 29.8 Å². The highest BCUT2D eigenvalue weighted by Gasteiger charge is 2.12. The van der Waals surface area contributed by atoms with Crippen LogP contribution in [0.2, 0.25) is 5.02 Å². The number of hydrogen-bond donors (Lipinski definition) is 0. The summed E-state index contributed by atoms with van der Waals surface area (Å²) in [5.74, 6) is 0. The van der Waals surface area contributed by atoms with Crippen LogP contribution in [0.1, 0.15) is 24.2 Å². The second kappa shape index (κ2) is 5.98. The third kappa shape index (κ3) is 3.31. The van der Waals surface area contributed by atoms with E-state index in [4.69, 9.17) is 11.6 Å². The molecule has 0 aliphatic heterocycles. The molecule has 1 unspecified atom stereocenters. The summed E-state index contributed by atoms with van der Waals surface area (Å²) in [6, 6.07) is 14.3. The van der Waals surface area contributed by atoms with Crippen molar-refractivity contribution in [1.29, 1.82) is 0 Å². The molecular formula is C15H17ClN2. The van der Waals surface area contributed by atoms with E-state index in [0.29, 0.717) is 6.04 Å². The van der Waals surface area contributed by atoms with Crippen LogP contribution in [0.4, 0.5) is 0 Å². The summed E-state index contributed by atoms with van der Waals surface area (Å²) in [5.41, 5.74) is 2.35. The van der Waals surface area contributed by atoms with E-state index in [-0.39, 0.29) is 0 Å². The fraction of sp³-hybridized carbons (Fsp3) is 0.267. The van der Waals surface area contributed by atoms with Gasteiger partial charge in [0.05, 0.1) is 5.69 Å². The number of nitrogens with zero attached hydrogens (tertiary/aromatic N) is 2. The standard InChI is InChI=1S/C15H17ClN2/c1-12(15-5-3-4-10-17-15)18(2)11-13-6-8-14(16)9-7-13/h3-10,12H,11H2,1-2H3. The Morgan fingerprint density at radius 1 is 1.17 bits per heavy atom. The minimum absolute atomic E-state index is 0.293. The topological polar surface area (TPSA) is 16.1 Å². The summed E-state index contributed by atoms with van der Waals surface area (Å²) in [4.78, 5) is 6.66. The molecule has 0 saturated heterocycles. The zero-order valence-corrected chi connectivity index (χ0v) is 11.4. The van der Waals surface area contributed by atoms with Crippen molar-refractivity contribution in [3.63, 3.8) is 0 Å². The zero-order chi connectivity index (χ0) is 13.0. The molecule has 94 valence electrons. The molecule has 0 saturated carbocycles. The Hall–Kier alpha value is -1.38. The summed E-state index contributed by atoms with van der Waals surface area (Å²) in [6.07, 6.45) is 1.84. The Balaban J connectivity index is 2.03. The number of hydrogen-bond acceptors (Lipinski definition) is 2. The quantitative estimate of drug-likeness (QED) is 0.828. The van der Waals surface area contributed by atoms with Crippen molar-refractivity contribution in [2.24, 2.45) is 0 Å². The monoisotopic (exact) mass is 260 g/mol. The van der Waals surface area contributed by atoms with E-state index < -0.39 is 0 Å². The molecular weight excluding hydrogens is 244 g/mol. The first kappa shape index (κ1) is 13.1. The summed E-state index contributed by atoms with van der Waals surface area (Å²) < 4.78 is 0. The lowest BCUT2D eigenvalue weighted by atomic mass is 10.1. The van der Waals surface area contributed by atoms with Crippen molar-refractivity contribution in [1.82, 2.24) is 9.88 Å². The van der Waals surface area contributed by atoms with Crippen LogP contribution >= 0.6 is 11.6 Å². The van der Waals surface area contributed by atoms with E-state index in [1.165, 1.54) is 5.56 Å². The number of benzene rings is 1. The SMILES string of the molecule is CC(c1ccccn1)N(C)Cc1ccc(Cl)cc1. The maximum atomic E-state index is 5.88. The molecule has 0 fully saturated rings. The smallest absolute Gasteiger partial charge is 0.0572 e. The van der Waals surface area contributed by atoms with Gasteiger partial charge in [-0.15, -0.1) is 0 Å². The third-order valence-corrected chi connectivity index (χ3v) is 3.37. The van der Waals surface area contributed by atoms with E-state index in [9.17, 15) is 0 Å². The highest BCUT2D eigenvalue weighted by atomic mass is 35.5. The van der Waals surface area contributed by atoms with Crippen LogP contribution in [0.25, 0.3) is 0 Å². The molecule has 2 nitrogen and oxygen atoms in total. The Labute approximate surface area is 113 Å². The van der Waals surface area contributed by atoms with Gasteiger partial charge in [0, 0.05) is 23.8 Å². The lowest BCUT2D eigenvalue weighted by molar-refractivity contribution is 0.248. The summed E-state index contributed by atoms with van der Waals surface area (Å²) in [5, 5.41) is 0.777. The number of rotatable bonds is 4. The third-order valence-electron chi connectivity index (χ3n) is 3.12. The molecule has 0 aliphatic rings. The van der Waals surface area contributed by atoms with Crippen LogP contribution in [-0.4, -0.2) is 16.9 Å². The van der Waals surface area contributed by atoms with Crippen LogP contribution in [0, 0.1) is 0 Å². The van der Waals surface area contributed by atoms with Gasteiger partial charge in [-0.25, -0.2) is 0 Å². The molecule has 1 aromatic heterocycles. The number of pyridine rings is 1. The van der Waals surface area contributed by atoms with Crippen molar-refractivity contribution >= 4 is 11.6 Å². The molecule has 1 aromatic carbocycles. The van der Waals surface area contributed by atoms with Gasteiger partial charge in [0.25, 0.3) is 0 Å². The summed E-state index contributed by atoms with van der Waals surface area (Å²) >= 11 is 5.88. The molecule has 0 radical (unpaired) electrons. The molecule has 18 heavy (non-hydrogen) atoms. The van der Waals surface area contributed by atoms with Gasteiger partial charge in [-0.05, 0) is 43.8 Å². The van der Waals surface area contributed by atoms with Crippen LogP contribution in [0.3, 0.4) is 0 Å². The first-order valence-corrected chi connectivity index (χ1v) is 6.40. The average Bonchev–Trinajstić information content (AvgIpc) is 2.41. The van der Waals surface area contributed by atoms with E-state index >= 15 is 0 Å². The molecule has 0 amide bonds. The van der Waals surface area contributed by atoms with Gasteiger partial charge in [-0.3, -0.25) is 9.88 Å². The van der Waals surface area contributed by atoms with Crippen molar-refractivity contribution in [3.8, 4) is 0 Å². The van der Waals surface area contributed by atoms with Gasteiger partial charge in [0.2, 0.25) is 0 Å². The highest BCUT2D eigenvalue weighted by Crippen LogP contribution is 2.19. The molecule has 0 N–H and O–H groups in total. The molecule has 0 bridgehead atoms. The van der Waals surface area contributed by atoms with Crippen LogP contribution in [0.15, 0.2) is 48.7 Å². The Morgan fingerprint density at radius 2 is 1.89 bits per heavy atom. The fourth-order valence-corrected chi connectivity index (χ4v) is 1.99.